The van der Waals surface area contributed by atoms with Gasteiger partial charge >= 0.3 is 0 Å². The van der Waals surface area contributed by atoms with Gasteiger partial charge in [-0.15, -0.1) is 0 Å². The fourth-order valence-corrected chi connectivity index (χ4v) is 1.34. The Labute approximate surface area is 88.4 Å². The summed E-state index contributed by atoms with van der Waals surface area (Å²) in [5, 5.41) is 0.646. The number of anilines is 1. The van der Waals surface area contributed by atoms with Gasteiger partial charge in [0.25, 0.3) is 0 Å². The molecule has 0 unspecified atom stereocenters. The van der Waals surface area contributed by atoms with Gasteiger partial charge in [0, 0.05) is 12.1 Å². The van der Waals surface area contributed by atoms with E-state index < -0.39 is 0 Å². The molecule has 1 rings (SSSR count). The van der Waals surface area contributed by atoms with E-state index in [1.54, 1.807) is 6.08 Å². The van der Waals surface area contributed by atoms with E-state index in [4.69, 9.17) is 17.3 Å². The van der Waals surface area contributed by atoms with Crippen molar-refractivity contribution in [2.45, 2.75) is 13.3 Å². The van der Waals surface area contributed by atoms with Crippen LogP contribution in [0, 0.1) is 6.92 Å². The van der Waals surface area contributed by atoms with Gasteiger partial charge < -0.3 is 10.5 Å². The zero-order valence-electron chi connectivity index (χ0n) is 7.96. The summed E-state index contributed by atoms with van der Waals surface area (Å²) in [6.07, 6.45) is 4.83. The predicted molar refractivity (Wildman–Crippen MR) is 60.3 cm³/mol. The minimum Gasteiger partial charge on any atom is -0.398 e. The maximum Gasteiger partial charge on any atom is 0.123 e. The minimum atomic E-state index is 0.403. The summed E-state index contributed by atoms with van der Waals surface area (Å²) < 4.78 is 0. The van der Waals surface area contributed by atoms with Crippen molar-refractivity contribution in [1.82, 2.24) is 0 Å². The summed E-state index contributed by atoms with van der Waals surface area (Å²) in [7, 11) is 0. The average Bonchev–Trinajstić information content (AvgIpc) is 2.18. The number of nitrogens with two attached hydrogens (primary N) is 1. The maximum absolute atomic E-state index is 10.1. The molecule has 2 nitrogen and oxygen atoms in total. The van der Waals surface area contributed by atoms with Crippen molar-refractivity contribution in [3.63, 3.8) is 0 Å². The Hall–Kier alpha value is -1.28. The van der Waals surface area contributed by atoms with Gasteiger partial charge in [-0.05, 0) is 24.1 Å². The zero-order chi connectivity index (χ0) is 10.6. The molecule has 0 bridgehead atoms. The zero-order valence-corrected chi connectivity index (χ0v) is 8.71. The number of carbonyl (C=O) groups excluding carboxylic acids is 1. The van der Waals surface area contributed by atoms with E-state index in [0.717, 1.165) is 17.4 Å². The normalized spacial score (nSPS) is 10.7. The molecule has 0 spiro atoms. The van der Waals surface area contributed by atoms with Crippen LogP contribution in [0.1, 0.15) is 17.5 Å². The van der Waals surface area contributed by atoms with Crippen molar-refractivity contribution in [2.24, 2.45) is 0 Å². The number of rotatable bonds is 3. The van der Waals surface area contributed by atoms with Crippen molar-refractivity contribution in [3.8, 4) is 0 Å². The molecule has 0 heterocycles. The number of allylic oxidation sites excluding steroid dienone is 1. The Kier molecular flexibility index (Phi) is 3.72. The molecule has 0 fully saturated rings. The first-order valence-electron chi connectivity index (χ1n) is 4.31. The summed E-state index contributed by atoms with van der Waals surface area (Å²) in [5.41, 5.74) is 8.13. The molecule has 0 aliphatic heterocycles. The number of nitrogen functional groups attached to an aromatic ring is 1. The number of carbonyl (C=O) groups is 1. The Morgan fingerprint density at radius 3 is 2.86 bits per heavy atom. The van der Waals surface area contributed by atoms with Crippen molar-refractivity contribution in [1.29, 1.82) is 0 Å². The van der Waals surface area contributed by atoms with Crippen molar-refractivity contribution < 1.29 is 4.79 Å². The van der Waals surface area contributed by atoms with Crippen LogP contribution in [0.4, 0.5) is 5.69 Å². The molecule has 74 valence electrons. The highest BCUT2D eigenvalue weighted by Crippen LogP contribution is 2.26. The Balaban J connectivity index is 2.99. The second-order valence-corrected chi connectivity index (χ2v) is 3.37. The summed E-state index contributed by atoms with van der Waals surface area (Å²) >= 11 is 6.06. The molecule has 1 aromatic carbocycles. The summed E-state index contributed by atoms with van der Waals surface area (Å²) in [6.45, 7) is 1.87. The van der Waals surface area contributed by atoms with Gasteiger partial charge in [-0.3, -0.25) is 0 Å². The first kappa shape index (κ1) is 10.8. The standard InChI is InChI=1S/C11H12ClNO/c1-8-10(13)6-5-9(11(8)12)4-2-3-7-14/h2,4-7H,3,13H2,1H3. The molecule has 1 aromatic rings. The van der Waals surface area contributed by atoms with Crippen LogP contribution in [0.3, 0.4) is 0 Å². The van der Waals surface area contributed by atoms with E-state index in [0.29, 0.717) is 17.1 Å². The second-order valence-electron chi connectivity index (χ2n) is 2.99. The third-order valence-electron chi connectivity index (χ3n) is 1.99. The van der Waals surface area contributed by atoms with Crippen LogP contribution >= 0.6 is 11.6 Å². The van der Waals surface area contributed by atoms with Gasteiger partial charge in [0.15, 0.2) is 0 Å². The molecule has 0 aliphatic carbocycles. The van der Waals surface area contributed by atoms with E-state index in [1.165, 1.54) is 0 Å². The highest BCUT2D eigenvalue weighted by Gasteiger charge is 2.02. The Bertz CT molecular complexity index is 372. The smallest absolute Gasteiger partial charge is 0.123 e. The highest BCUT2D eigenvalue weighted by atomic mass is 35.5. The van der Waals surface area contributed by atoms with E-state index in [2.05, 4.69) is 0 Å². The van der Waals surface area contributed by atoms with Gasteiger partial charge in [0.2, 0.25) is 0 Å². The molecule has 0 aliphatic rings. The lowest BCUT2D eigenvalue weighted by molar-refractivity contribution is -0.107. The number of aldehydes is 1. The van der Waals surface area contributed by atoms with E-state index >= 15 is 0 Å². The fraction of sp³-hybridized carbons (Fsp3) is 0.182. The maximum atomic E-state index is 10.1. The summed E-state index contributed by atoms with van der Waals surface area (Å²) in [4.78, 5) is 10.1. The van der Waals surface area contributed by atoms with Gasteiger partial charge in [-0.1, -0.05) is 29.8 Å². The number of halogens is 1. The van der Waals surface area contributed by atoms with E-state index in [1.807, 2.05) is 25.1 Å². The van der Waals surface area contributed by atoms with Gasteiger partial charge in [-0.2, -0.15) is 0 Å². The van der Waals surface area contributed by atoms with Crippen LogP contribution < -0.4 is 5.73 Å². The average molecular weight is 210 g/mol. The van der Waals surface area contributed by atoms with E-state index in [9.17, 15) is 4.79 Å². The van der Waals surface area contributed by atoms with Gasteiger partial charge in [0.05, 0.1) is 5.02 Å². The molecule has 0 atom stereocenters. The molecular weight excluding hydrogens is 198 g/mol. The van der Waals surface area contributed by atoms with Crippen molar-refractivity contribution in [3.05, 3.63) is 34.4 Å². The number of hydrogen-bond acceptors (Lipinski definition) is 2. The van der Waals surface area contributed by atoms with Crippen LogP contribution in [0.5, 0.6) is 0 Å². The largest absolute Gasteiger partial charge is 0.398 e. The minimum absolute atomic E-state index is 0.403. The number of hydrogen-bond donors (Lipinski definition) is 1. The lowest BCUT2D eigenvalue weighted by Crippen LogP contribution is -1.91. The van der Waals surface area contributed by atoms with Gasteiger partial charge in [0.1, 0.15) is 6.29 Å². The molecule has 0 aromatic heterocycles. The molecular formula is C11H12ClNO. The molecule has 0 saturated carbocycles. The van der Waals surface area contributed by atoms with Crippen LogP contribution in [-0.4, -0.2) is 6.29 Å². The van der Waals surface area contributed by atoms with Crippen molar-refractivity contribution in [2.75, 3.05) is 5.73 Å². The molecule has 14 heavy (non-hydrogen) atoms. The monoisotopic (exact) mass is 209 g/mol. The number of benzene rings is 1. The molecule has 3 heteroatoms. The van der Waals surface area contributed by atoms with Crippen LogP contribution in [-0.2, 0) is 4.79 Å². The van der Waals surface area contributed by atoms with Gasteiger partial charge in [-0.25, -0.2) is 0 Å². The fourth-order valence-electron chi connectivity index (χ4n) is 1.10. The highest BCUT2D eigenvalue weighted by molar-refractivity contribution is 6.33. The van der Waals surface area contributed by atoms with E-state index in [-0.39, 0.29) is 0 Å². The lowest BCUT2D eigenvalue weighted by Gasteiger charge is -2.05. The third kappa shape index (κ3) is 2.36. The topological polar surface area (TPSA) is 43.1 Å². The quantitative estimate of drug-likeness (QED) is 0.615. The van der Waals surface area contributed by atoms with Crippen LogP contribution in [0.2, 0.25) is 5.02 Å². The SMILES string of the molecule is Cc1c(N)ccc(C=CCC=O)c1Cl. The van der Waals surface area contributed by atoms with Crippen LogP contribution in [0.15, 0.2) is 18.2 Å². The lowest BCUT2D eigenvalue weighted by atomic mass is 10.1. The van der Waals surface area contributed by atoms with Crippen LogP contribution in [0.25, 0.3) is 6.08 Å². The third-order valence-corrected chi connectivity index (χ3v) is 2.49. The summed E-state index contributed by atoms with van der Waals surface area (Å²) in [5.74, 6) is 0. The second kappa shape index (κ2) is 4.82. The Morgan fingerprint density at radius 1 is 1.50 bits per heavy atom. The predicted octanol–water partition coefficient (Wildman–Crippen LogP) is 2.83. The Morgan fingerprint density at radius 2 is 2.21 bits per heavy atom. The molecule has 0 saturated heterocycles. The molecule has 0 radical (unpaired) electrons. The molecule has 0 amide bonds. The first-order chi connectivity index (χ1) is 6.66. The molecule has 2 N–H and O–H groups in total. The first-order valence-corrected chi connectivity index (χ1v) is 4.69. The summed E-state index contributed by atoms with van der Waals surface area (Å²) in [6, 6.07) is 3.65. The van der Waals surface area contributed by atoms with Crippen molar-refractivity contribution >= 4 is 29.7 Å².